The van der Waals surface area contributed by atoms with Gasteiger partial charge in [-0.1, -0.05) is 19.1 Å². The quantitative estimate of drug-likeness (QED) is 0.433. The van der Waals surface area contributed by atoms with Crippen LogP contribution in [0.1, 0.15) is 27.7 Å². The number of rotatable bonds is 4. The largest absolute Gasteiger partial charge is 0.463 e. The van der Waals surface area contributed by atoms with Gasteiger partial charge in [-0.05, 0) is 20.8 Å². The first-order valence-corrected chi connectivity index (χ1v) is 6.19. The van der Waals surface area contributed by atoms with Crippen molar-refractivity contribution in [1.29, 1.82) is 0 Å². The molecule has 5 nitrogen and oxygen atoms in total. The molecule has 0 aromatic heterocycles. The zero-order valence-corrected chi connectivity index (χ0v) is 11.3. The summed E-state index contributed by atoms with van der Waals surface area (Å²) in [7, 11) is 0. The van der Waals surface area contributed by atoms with Crippen molar-refractivity contribution >= 4 is 11.9 Å². The third-order valence-electron chi connectivity index (χ3n) is 2.84. The van der Waals surface area contributed by atoms with E-state index in [4.69, 9.17) is 14.2 Å². The van der Waals surface area contributed by atoms with E-state index >= 15 is 0 Å². The van der Waals surface area contributed by atoms with Crippen LogP contribution in [-0.4, -0.2) is 36.9 Å². The second-order valence-corrected chi connectivity index (χ2v) is 4.17. The van der Waals surface area contributed by atoms with Crippen molar-refractivity contribution in [2.24, 2.45) is 5.92 Å². The normalized spacial score (nSPS) is 25.6. The number of hydrogen-bond acceptors (Lipinski definition) is 5. The Labute approximate surface area is 107 Å². The Morgan fingerprint density at radius 1 is 1.11 bits per heavy atom. The average Bonchev–Trinajstić information content (AvgIpc) is 2.32. The predicted octanol–water partition coefficient (Wildman–Crippen LogP) is 1.46. The molecule has 1 aliphatic rings. The Kier molecular flexibility index (Phi) is 4.90. The lowest BCUT2D eigenvalue weighted by atomic mass is 9.85. The van der Waals surface area contributed by atoms with Crippen molar-refractivity contribution in [3.63, 3.8) is 0 Å². The lowest BCUT2D eigenvalue weighted by molar-refractivity contribution is -0.201. The van der Waals surface area contributed by atoms with Crippen molar-refractivity contribution in [3.8, 4) is 0 Å². The minimum Gasteiger partial charge on any atom is -0.463 e. The Bertz CT molecular complexity index is 329. The number of carbonyl (C=O) groups excluding carboxylic acids is 2. The van der Waals surface area contributed by atoms with Gasteiger partial charge >= 0.3 is 11.9 Å². The molecule has 0 aromatic rings. The van der Waals surface area contributed by atoms with Crippen LogP contribution in [-0.2, 0) is 23.8 Å². The van der Waals surface area contributed by atoms with E-state index in [2.05, 4.69) is 0 Å². The van der Waals surface area contributed by atoms with Gasteiger partial charge in [-0.3, -0.25) is 0 Å². The van der Waals surface area contributed by atoms with Crippen molar-refractivity contribution in [3.05, 3.63) is 12.2 Å². The lowest BCUT2D eigenvalue weighted by Gasteiger charge is -2.37. The zero-order valence-electron chi connectivity index (χ0n) is 11.3. The lowest BCUT2D eigenvalue weighted by Crippen LogP contribution is -2.58. The summed E-state index contributed by atoms with van der Waals surface area (Å²) >= 11 is 0. The fraction of sp³-hybridized carbons (Fsp3) is 0.692. The molecule has 0 saturated carbocycles. The Morgan fingerprint density at radius 2 is 1.61 bits per heavy atom. The summed E-state index contributed by atoms with van der Waals surface area (Å²) in [5.41, 5.74) is -1.68. The van der Waals surface area contributed by atoms with Gasteiger partial charge in [0, 0.05) is 5.92 Å². The highest BCUT2D eigenvalue weighted by atomic mass is 16.6. The predicted molar refractivity (Wildman–Crippen MR) is 64.8 cm³/mol. The smallest absolute Gasteiger partial charge is 0.350 e. The molecule has 0 fully saturated rings. The molecule has 0 amide bonds. The molecule has 18 heavy (non-hydrogen) atoms. The molecule has 0 spiro atoms. The van der Waals surface area contributed by atoms with E-state index in [0.29, 0.717) is 0 Å². The molecule has 0 bridgehead atoms. The first kappa shape index (κ1) is 14.7. The molecule has 0 saturated heterocycles. The average molecular weight is 256 g/mol. The highest BCUT2D eigenvalue weighted by Gasteiger charge is 2.56. The summed E-state index contributed by atoms with van der Waals surface area (Å²) in [6.07, 6.45) is 3.25. The first-order valence-electron chi connectivity index (χ1n) is 6.19. The second-order valence-electron chi connectivity index (χ2n) is 4.17. The summed E-state index contributed by atoms with van der Waals surface area (Å²) in [5, 5.41) is 0. The van der Waals surface area contributed by atoms with Gasteiger partial charge in [-0.2, -0.15) is 0 Å². The summed E-state index contributed by atoms with van der Waals surface area (Å²) in [4.78, 5) is 24.2. The standard InChI is InChI=1S/C13H20O5/c1-5-16-11(14)13(12(15)17-6-2)9(3)7-8-10(4)18-13/h7-10H,5-6H2,1-4H3. The maximum Gasteiger partial charge on any atom is 0.350 e. The van der Waals surface area contributed by atoms with Crippen LogP contribution < -0.4 is 0 Å². The van der Waals surface area contributed by atoms with Gasteiger partial charge in [0.1, 0.15) is 0 Å². The minimum atomic E-state index is -1.68. The molecule has 0 N–H and O–H groups in total. The fourth-order valence-electron chi connectivity index (χ4n) is 1.93. The zero-order chi connectivity index (χ0) is 13.8. The van der Waals surface area contributed by atoms with Gasteiger partial charge in [-0.25, -0.2) is 9.59 Å². The highest BCUT2D eigenvalue weighted by Crippen LogP contribution is 2.32. The van der Waals surface area contributed by atoms with E-state index in [1.807, 2.05) is 0 Å². The molecule has 2 atom stereocenters. The van der Waals surface area contributed by atoms with Crippen LogP contribution >= 0.6 is 0 Å². The molecule has 1 heterocycles. The molecule has 1 aliphatic heterocycles. The molecule has 5 heteroatoms. The molecule has 2 unspecified atom stereocenters. The maximum atomic E-state index is 12.1. The molecule has 0 aliphatic carbocycles. The fourth-order valence-corrected chi connectivity index (χ4v) is 1.93. The summed E-state index contributed by atoms with van der Waals surface area (Å²) < 4.78 is 15.5. The van der Waals surface area contributed by atoms with Crippen molar-refractivity contribution < 1.29 is 23.8 Å². The van der Waals surface area contributed by atoms with E-state index in [9.17, 15) is 9.59 Å². The minimum absolute atomic E-state index is 0.189. The molecule has 0 radical (unpaired) electrons. The number of ether oxygens (including phenoxy) is 3. The van der Waals surface area contributed by atoms with E-state index in [1.54, 1.807) is 39.8 Å². The summed E-state index contributed by atoms with van der Waals surface area (Å²) in [5.74, 6) is -1.80. The Morgan fingerprint density at radius 3 is 2.06 bits per heavy atom. The first-order chi connectivity index (χ1) is 8.48. The van der Waals surface area contributed by atoms with E-state index in [-0.39, 0.29) is 19.3 Å². The molecule has 102 valence electrons. The number of carbonyl (C=O) groups is 2. The van der Waals surface area contributed by atoms with Crippen LogP contribution in [0.3, 0.4) is 0 Å². The van der Waals surface area contributed by atoms with E-state index in [1.165, 1.54) is 0 Å². The van der Waals surface area contributed by atoms with Gasteiger partial charge in [-0.15, -0.1) is 0 Å². The van der Waals surface area contributed by atoms with Crippen LogP contribution in [0, 0.1) is 5.92 Å². The van der Waals surface area contributed by atoms with Crippen LogP contribution in [0.2, 0.25) is 0 Å². The molecular formula is C13H20O5. The van der Waals surface area contributed by atoms with Crippen molar-refractivity contribution in [1.82, 2.24) is 0 Å². The Hall–Kier alpha value is -1.36. The molecule has 0 aromatic carbocycles. The van der Waals surface area contributed by atoms with Crippen LogP contribution in [0.25, 0.3) is 0 Å². The van der Waals surface area contributed by atoms with Crippen LogP contribution in [0.5, 0.6) is 0 Å². The third kappa shape index (κ3) is 2.56. The number of hydrogen-bond donors (Lipinski definition) is 0. The Balaban J connectivity index is 3.12. The van der Waals surface area contributed by atoms with Gasteiger partial charge in [0.15, 0.2) is 0 Å². The monoisotopic (exact) mass is 256 g/mol. The van der Waals surface area contributed by atoms with Gasteiger partial charge in [0.2, 0.25) is 0 Å². The molecule has 1 rings (SSSR count). The van der Waals surface area contributed by atoms with Gasteiger partial charge in [0.25, 0.3) is 5.60 Å². The second kappa shape index (κ2) is 6.00. The summed E-state index contributed by atoms with van der Waals surface area (Å²) in [6, 6.07) is 0. The topological polar surface area (TPSA) is 61.8 Å². The van der Waals surface area contributed by atoms with Crippen molar-refractivity contribution in [2.45, 2.75) is 39.4 Å². The van der Waals surface area contributed by atoms with E-state index in [0.717, 1.165) is 0 Å². The summed E-state index contributed by atoms with van der Waals surface area (Å²) in [6.45, 7) is 7.24. The van der Waals surface area contributed by atoms with Gasteiger partial charge in [0.05, 0.1) is 19.3 Å². The molecular weight excluding hydrogens is 236 g/mol. The highest BCUT2D eigenvalue weighted by molar-refractivity contribution is 6.04. The SMILES string of the molecule is CCOC(=O)C1(C(=O)OCC)OC(C)C=CC1C. The third-order valence-corrected chi connectivity index (χ3v) is 2.84. The van der Waals surface area contributed by atoms with Crippen LogP contribution in [0.15, 0.2) is 12.2 Å². The van der Waals surface area contributed by atoms with Crippen molar-refractivity contribution in [2.75, 3.05) is 13.2 Å². The van der Waals surface area contributed by atoms with E-state index < -0.39 is 23.5 Å². The van der Waals surface area contributed by atoms with Crippen LogP contribution in [0.4, 0.5) is 0 Å². The maximum absolute atomic E-state index is 12.1. The van der Waals surface area contributed by atoms with Gasteiger partial charge < -0.3 is 14.2 Å². The number of esters is 2.